The number of pyridine rings is 1. The fourth-order valence-electron chi connectivity index (χ4n) is 4.27. The highest BCUT2D eigenvalue weighted by molar-refractivity contribution is 5.91. The van der Waals surface area contributed by atoms with Crippen molar-refractivity contribution in [3.63, 3.8) is 0 Å². The van der Waals surface area contributed by atoms with Crippen molar-refractivity contribution in [2.45, 2.75) is 31.8 Å². The van der Waals surface area contributed by atoms with Crippen molar-refractivity contribution in [1.82, 2.24) is 14.5 Å². The number of hydrogen-bond acceptors (Lipinski definition) is 7. The normalized spacial score (nSPS) is 18.0. The monoisotopic (exact) mass is 407 g/mol. The van der Waals surface area contributed by atoms with Crippen molar-refractivity contribution in [3.8, 4) is 28.8 Å². The van der Waals surface area contributed by atoms with Gasteiger partial charge in [-0.1, -0.05) is 0 Å². The molecule has 30 heavy (non-hydrogen) atoms. The minimum atomic E-state index is -0.379. The standard InChI is InChI=1S/C21H21N5O4/c22-19(27)16(11-2-3-11)24-12-8-14-17-15(9-12)28-7-1-6-26(17)20(25-14)13-4-5-23-21-18(13)29-10-30-21/h4-5,8-9,11,16,24H,1-3,6-7,10H2,(H2,22,27)/t16-/m0/s1. The Labute approximate surface area is 172 Å². The van der Waals surface area contributed by atoms with Crippen LogP contribution in [-0.2, 0) is 11.3 Å². The summed E-state index contributed by atoms with van der Waals surface area (Å²) in [6.07, 6.45) is 4.58. The Balaban J connectivity index is 1.49. The molecule has 1 amide bonds. The second-order valence-electron chi connectivity index (χ2n) is 7.89. The summed E-state index contributed by atoms with van der Waals surface area (Å²) in [6, 6.07) is 5.39. The van der Waals surface area contributed by atoms with Gasteiger partial charge in [0.05, 0.1) is 17.7 Å². The number of nitrogens with two attached hydrogens (primary N) is 1. The van der Waals surface area contributed by atoms with Gasteiger partial charge in [-0.15, -0.1) is 0 Å². The molecule has 1 aliphatic carbocycles. The first-order chi connectivity index (χ1) is 14.7. The molecule has 3 aliphatic rings. The highest BCUT2D eigenvalue weighted by Gasteiger charge is 2.35. The Morgan fingerprint density at radius 3 is 3.00 bits per heavy atom. The van der Waals surface area contributed by atoms with E-state index in [0.29, 0.717) is 24.2 Å². The number of imidazole rings is 1. The van der Waals surface area contributed by atoms with E-state index in [4.69, 9.17) is 24.9 Å². The number of anilines is 1. The SMILES string of the molecule is NC(=O)[C@@H](Nc1cc2c3c(c1)nc(-c1ccnc4c1OCO4)n3CCCO2)C1CC1. The van der Waals surface area contributed by atoms with Crippen molar-refractivity contribution in [2.24, 2.45) is 11.7 Å². The molecule has 9 heteroatoms. The highest BCUT2D eigenvalue weighted by atomic mass is 16.7. The topological polar surface area (TPSA) is 114 Å². The number of nitrogens with one attached hydrogen (secondary N) is 1. The highest BCUT2D eigenvalue weighted by Crippen LogP contribution is 2.43. The summed E-state index contributed by atoms with van der Waals surface area (Å²) in [5.41, 5.74) is 8.95. The lowest BCUT2D eigenvalue weighted by molar-refractivity contribution is -0.119. The molecule has 3 aromatic rings. The molecule has 6 rings (SSSR count). The minimum absolute atomic E-state index is 0.150. The second-order valence-corrected chi connectivity index (χ2v) is 7.89. The predicted molar refractivity (Wildman–Crippen MR) is 109 cm³/mol. The van der Waals surface area contributed by atoms with E-state index >= 15 is 0 Å². The van der Waals surface area contributed by atoms with Crippen LogP contribution in [0.5, 0.6) is 17.4 Å². The molecule has 1 fully saturated rings. The number of aryl methyl sites for hydroxylation is 1. The summed E-state index contributed by atoms with van der Waals surface area (Å²) in [7, 11) is 0. The van der Waals surface area contributed by atoms with Gasteiger partial charge >= 0.3 is 0 Å². The number of carbonyl (C=O) groups excluding carboxylic acids is 1. The molecule has 2 aromatic heterocycles. The van der Waals surface area contributed by atoms with Crippen LogP contribution in [0.25, 0.3) is 22.4 Å². The fourth-order valence-corrected chi connectivity index (χ4v) is 4.27. The molecule has 3 N–H and O–H groups in total. The molecule has 0 bridgehead atoms. The van der Waals surface area contributed by atoms with Crippen LogP contribution in [-0.4, -0.2) is 39.9 Å². The molecule has 0 spiro atoms. The van der Waals surface area contributed by atoms with Crippen LogP contribution in [0.2, 0.25) is 0 Å². The van der Waals surface area contributed by atoms with Gasteiger partial charge in [-0.3, -0.25) is 4.79 Å². The molecular formula is C21H21N5O4. The van der Waals surface area contributed by atoms with Crippen molar-refractivity contribution < 1.29 is 19.0 Å². The zero-order chi connectivity index (χ0) is 20.2. The van der Waals surface area contributed by atoms with Crippen molar-refractivity contribution >= 4 is 22.6 Å². The summed E-state index contributed by atoms with van der Waals surface area (Å²) >= 11 is 0. The van der Waals surface area contributed by atoms with Crippen LogP contribution in [0, 0.1) is 5.92 Å². The van der Waals surface area contributed by atoms with E-state index in [2.05, 4.69) is 14.9 Å². The Kier molecular flexibility index (Phi) is 3.77. The summed E-state index contributed by atoms with van der Waals surface area (Å²) in [5.74, 6) is 2.58. The number of rotatable bonds is 5. The van der Waals surface area contributed by atoms with Crippen molar-refractivity contribution in [3.05, 3.63) is 24.4 Å². The van der Waals surface area contributed by atoms with Gasteiger partial charge in [0, 0.05) is 24.5 Å². The number of aromatic nitrogens is 3. The third-order valence-electron chi connectivity index (χ3n) is 5.82. The lowest BCUT2D eigenvalue weighted by atomic mass is 10.1. The fraction of sp³-hybridized carbons (Fsp3) is 0.381. The summed E-state index contributed by atoms with van der Waals surface area (Å²) in [4.78, 5) is 21.0. The lowest BCUT2D eigenvalue weighted by Crippen LogP contribution is -2.37. The van der Waals surface area contributed by atoms with E-state index in [1.54, 1.807) is 6.20 Å². The smallest absolute Gasteiger partial charge is 0.260 e. The van der Waals surface area contributed by atoms with Crippen molar-refractivity contribution in [2.75, 3.05) is 18.7 Å². The summed E-state index contributed by atoms with van der Waals surface area (Å²) < 4.78 is 19.3. The number of primary amides is 1. The summed E-state index contributed by atoms with van der Waals surface area (Å²) in [6.45, 7) is 1.53. The number of carbonyl (C=O) groups is 1. The zero-order valence-corrected chi connectivity index (χ0v) is 16.3. The Morgan fingerprint density at radius 2 is 2.17 bits per heavy atom. The predicted octanol–water partition coefficient (Wildman–Crippen LogP) is 2.29. The van der Waals surface area contributed by atoms with E-state index < -0.39 is 0 Å². The maximum absolute atomic E-state index is 11.9. The maximum Gasteiger partial charge on any atom is 0.260 e. The molecular weight excluding hydrogens is 386 g/mol. The van der Waals surface area contributed by atoms with Crippen LogP contribution in [0.1, 0.15) is 19.3 Å². The molecule has 1 saturated carbocycles. The van der Waals surface area contributed by atoms with Gasteiger partial charge in [-0.05, 0) is 37.3 Å². The van der Waals surface area contributed by atoms with E-state index in [1.165, 1.54) is 0 Å². The quantitative estimate of drug-likeness (QED) is 0.667. The van der Waals surface area contributed by atoms with Crippen LogP contribution in [0.15, 0.2) is 24.4 Å². The largest absolute Gasteiger partial charge is 0.491 e. The first kappa shape index (κ1) is 17.4. The first-order valence-corrected chi connectivity index (χ1v) is 10.2. The second kappa shape index (κ2) is 6.51. The summed E-state index contributed by atoms with van der Waals surface area (Å²) in [5, 5.41) is 3.30. The van der Waals surface area contributed by atoms with Crippen molar-refractivity contribution in [1.29, 1.82) is 0 Å². The Hall–Kier alpha value is -3.49. The third kappa shape index (κ3) is 2.72. The van der Waals surface area contributed by atoms with Crippen LogP contribution in [0.3, 0.4) is 0 Å². The van der Waals surface area contributed by atoms with Crippen LogP contribution in [0.4, 0.5) is 5.69 Å². The minimum Gasteiger partial charge on any atom is -0.491 e. The molecule has 0 unspecified atom stereocenters. The molecule has 1 aromatic carbocycles. The molecule has 9 nitrogen and oxygen atoms in total. The van der Waals surface area contributed by atoms with Crippen LogP contribution < -0.4 is 25.3 Å². The third-order valence-corrected chi connectivity index (χ3v) is 5.82. The lowest BCUT2D eigenvalue weighted by Gasteiger charge is -2.17. The van der Waals surface area contributed by atoms with Gasteiger partial charge in [-0.25, -0.2) is 9.97 Å². The average Bonchev–Trinajstić information content (AvgIpc) is 3.40. The number of benzene rings is 1. The van der Waals surface area contributed by atoms with Gasteiger partial charge in [0.1, 0.15) is 23.1 Å². The van der Waals surface area contributed by atoms with Gasteiger partial charge in [0.25, 0.3) is 5.88 Å². The van der Waals surface area contributed by atoms with Gasteiger partial charge < -0.3 is 29.8 Å². The van der Waals surface area contributed by atoms with E-state index in [1.807, 2.05) is 18.2 Å². The molecule has 154 valence electrons. The van der Waals surface area contributed by atoms with E-state index in [-0.39, 0.29) is 18.7 Å². The Morgan fingerprint density at radius 1 is 1.27 bits per heavy atom. The van der Waals surface area contributed by atoms with E-state index in [0.717, 1.165) is 59.7 Å². The van der Waals surface area contributed by atoms with Gasteiger partial charge in [-0.2, -0.15) is 0 Å². The first-order valence-electron chi connectivity index (χ1n) is 10.2. The number of hydrogen-bond donors (Lipinski definition) is 2. The maximum atomic E-state index is 11.9. The molecule has 2 aliphatic heterocycles. The molecule has 0 saturated heterocycles. The average molecular weight is 407 g/mol. The zero-order valence-electron chi connectivity index (χ0n) is 16.3. The molecule has 4 heterocycles. The van der Waals surface area contributed by atoms with E-state index in [9.17, 15) is 4.79 Å². The number of fused-ring (bicyclic) bond motifs is 1. The van der Waals surface area contributed by atoms with Gasteiger partial charge in [0.2, 0.25) is 12.7 Å². The van der Waals surface area contributed by atoms with Gasteiger partial charge in [0.15, 0.2) is 5.75 Å². The Bertz CT molecular complexity index is 1170. The van der Waals surface area contributed by atoms with Crippen LogP contribution >= 0.6 is 0 Å². The number of amides is 1. The molecule has 1 atom stereocenters. The number of nitrogens with zero attached hydrogens (tertiary/aromatic N) is 3. The molecule has 0 radical (unpaired) electrons. The number of ether oxygens (including phenoxy) is 3.